The first-order valence-corrected chi connectivity index (χ1v) is 7.05. The second kappa shape index (κ2) is 5.16. The monoisotopic (exact) mass is 262 g/mol. The maximum absolute atomic E-state index is 13.6. The molecule has 0 radical (unpaired) electrons. The van der Waals surface area contributed by atoms with Crippen molar-refractivity contribution < 1.29 is 4.39 Å². The lowest BCUT2D eigenvalue weighted by atomic mass is 10.2. The number of nitrogens with one attached hydrogen (secondary N) is 1. The first-order valence-electron chi connectivity index (χ1n) is 6.23. The number of aromatic nitrogens is 1. The molecule has 2 nitrogen and oxygen atoms in total. The second-order valence-electron chi connectivity index (χ2n) is 4.67. The minimum Gasteiger partial charge on any atom is -0.310 e. The maximum atomic E-state index is 13.6. The Labute approximate surface area is 110 Å². The third kappa shape index (κ3) is 2.76. The molecular formula is C14H15FN2S. The average molecular weight is 262 g/mol. The molecule has 1 aliphatic carbocycles. The summed E-state index contributed by atoms with van der Waals surface area (Å²) < 4.78 is 13.6. The smallest absolute Gasteiger partial charge is 0.131 e. The van der Waals surface area contributed by atoms with E-state index in [2.05, 4.69) is 10.3 Å². The quantitative estimate of drug-likeness (QED) is 0.892. The van der Waals surface area contributed by atoms with Crippen LogP contribution in [0.15, 0.2) is 30.5 Å². The summed E-state index contributed by atoms with van der Waals surface area (Å²) in [4.78, 5) is 5.24. The van der Waals surface area contributed by atoms with Crippen molar-refractivity contribution in [3.8, 4) is 10.4 Å². The fraction of sp³-hybridized carbons (Fsp3) is 0.357. The van der Waals surface area contributed by atoms with Crippen molar-refractivity contribution in [3.63, 3.8) is 0 Å². The van der Waals surface area contributed by atoms with Crippen LogP contribution in [0.3, 0.4) is 0 Å². The highest BCUT2D eigenvalue weighted by molar-refractivity contribution is 7.15. The number of hydrogen-bond donors (Lipinski definition) is 1. The molecule has 0 saturated heterocycles. The number of benzene rings is 1. The Morgan fingerprint density at radius 2 is 2.17 bits per heavy atom. The second-order valence-corrected chi connectivity index (χ2v) is 5.79. The summed E-state index contributed by atoms with van der Waals surface area (Å²) in [5, 5.41) is 4.42. The lowest BCUT2D eigenvalue weighted by Gasteiger charge is -1.99. The Balaban J connectivity index is 1.66. The first-order chi connectivity index (χ1) is 8.83. The van der Waals surface area contributed by atoms with E-state index in [1.807, 2.05) is 6.07 Å². The summed E-state index contributed by atoms with van der Waals surface area (Å²) >= 11 is 1.56. The molecule has 0 aliphatic heterocycles. The van der Waals surface area contributed by atoms with Crippen LogP contribution in [0.25, 0.3) is 10.4 Å². The standard InChI is InChI=1S/C14H15FN2S/c15-12-4-2-1-3-11(12)13-8-17-14(18-13)9-16-7-10-5-6-10/h1-4,8,10,16H,5-7,9H2. The predicted molar refractivity (Wildman–Crippen MR) is 71.9 cm³/mol. The molecule has 1 aromatic heterocycles. The largest absolute Gasteiger partial charge is 0.310 e. The molecule has 0 bridgehead atoms. The van der Waals surface area contributed by atoms with Crippen molar-refractivity contribution >= 4 is 11.3 Å². The van der Waals surface area contributed by atoms with Crippen LogP contribution in [0.1, 0.15) is 17.8 Å². The molecule has 4 heteroatoms. The van der Waals surface area contributed by atoms with Gasteiger partial charge >= 0.3 is 0 Å². The number of halogens is 1. The molecule has 1 aromatic carbocycles. The van der Waals surface area contributed by atoms with E-state index in [1.165, 1.54) is 18.9 Å². The molecule has 1 saturated carbocycles. The fourth-order valence-corrected chi connectivity index (χ4v) is 2.80. The third-order valence-corrected chi connectivity index (χ3v) is 4.13. The van der Waals surface area contributed by atoms with Gasteiger partial charge in [0.15, 0.2) is 0 Å². The molecule has 18 heavy (non-hydrogen) atoms. The topological polar surface area (TPSA) is 24.9 Å². The van der Waals surface area contributed by atoms with Crippen molar-refractivity contribution in [2.24, 2.45) is 5.92 Å². The zero-order valence-electron chi connectivity index (χ0n) is 10.0. The maximum Gasteiger partial charge on any atom is 0.131 e. The van der Waals surface area contributed by atoms with Gasteiger partial charge in [0.05, 0.1) is 4.88 Å². The van der Waals surface area contributed by atoms with Crippen molar-refractivity contribution in [3.05, 3.63) is 41.3 Å². The first kappa shape index (κ1) is 11.8. The lowest BCUT2D eigenvalue weighted by Crippen LogP contribution is -2.15. The van der Waals surface area contributed by atoms with Crippen LogP contribution in [0.4, 0.5) is 4.39 Å². The Bertz CT molecular complexity index is 534. The summed E-state index contributed by atoms with van der Waals surface area (Å²) in [7, 11) is 0. The molecule has 0 atom stereocenters. The molecular weight excluding hydrogens is 247 g/mol. The number of nitrogens with zero attached hydrogens (tertiary/aromatic N) is 1. The molecule has 2 aromatic rings. The van der Waals surface area contributed by atoms with Gasteiger partial charge in [0.1, 0.15) is 10.8 Å². The molecule has 94 valence electrons. The molecule has 1 N–H and O–H groups in total. The van der Waals surface area contributed by atoms with E-state index in [-0.39, 0.29) is 5.82 Å². The van der Waals surface area contributed by atoms with Crippen LogP contribution >= 0.6 is 11.3 Å². The van der Waals surface area contributed by atoms with Gasteiger partial charge in [-0.2, -0.15) is 0 Å². The van der Waals surface area contributed by atoms with Crippen LogP contribution in [-0.2, 0) is 6.54 Å². The van der Waals surface area contributed by atoms with Crippen molar-refractivity contribution in [2.75, 3.05) is 6.54 Å². The fourth-order valence-electron chi connectivity index (χ4n) is 1.88. The zero-order chi connectivity index (χ0) is 12.4. The van der Waals surface area contributed by atoms with Crippen molar-refractivity contribution in [1.82, 2.24) is 10.3 Å². The Morgan fingerprint density at radius 3 is 2.94 bits per heavy atom. The predicted octanol–water partition coefficient (Wildman–Crippen LogP) is 3.45. The van der Waals surface area contributed by atoms with Crippen LogP contribution in [0.5, 0.6) is 0 Å². The average Bonchev–Trinajstić information content (AvgIpc) is 3.08. The van der Waals surface area contributed by atoms with E-state index < -0.39 is 0 Å². The van der Waals surface area contributed by atoms with E-state index in [1.54, 1.807) is 29.7 Å². The summed E-state index contributed by atoms with van der Waals surface area (Å²) in [5.41, 5.74) is 0.642. The van der Waals surface area contributed by atoms with E-state index in [9.17, 15) is 4.39 Å². The van der Waals surface area contributed by atoms with Crippen LogP contribution in [-0.4, -0.2) is 11.5 Å². The molecule has 1 heterocycles. The van der Waals surface area contributed by atoms with Gasteiger partial charge in [-0.1, -0.05) is 18.2 Å². The van der Waals surface area contributed by atoms with Gasteiger partial charge < -0.3 is 5.32 Å². The summed E-state index contributed by atoms with van der Waals surface area (Å²) in [6.07, 6.45) is 4.47. The molecule has 0 unspecified atom stereocenters. The zero-order valence-corrected chi connectivity index (χ0v) is 10.8. The number of rotatable bonds is 5. The van der Waals surface area contributed by atoms with Gasteiger partial charge in [0.2, 0.25) is 0 Å². The van der Waals surface area contributed by atoms with Gasteiger partial charge in [-0.3, -0.25) is 0 Å². The van der Waals surface area contributed by atoms with Gasteiger partial charge in [-0.05, 0) is 31.4 Å². The molecule has 3 rings (SSSR count). The summed E-state index contributed by atoms with van der Waals surface area (Å²) in [6.45, 7) is 1.87. The van der Waals surface area contributed by atoms with Gasteiger partial charge in [0, 0.05) is 18.3 Å². The molecule has 0 amide bonds. The minimum absolute atomic E-state index is 0.182. The molecule has 1 aliphatic rings. The van der Waals surface area contributed by atoms with Crippen LogP contribution in [0, 0.1) is 11.7 Å². The highest BCUT2D eigenvalue weighted by Crippen LogP contribution is 2.29. The third-order valence-electron chi connectivity index (χ3n) is 3.10. The Morgan fingerprint density at radius 1 is 1.33 bits per heavy atom. The molecule has 1 fully saturated rings. The van der Waals surface area contributed by atoms with Crippen LogP contribution in [0.2, 0.25) is 0 Å². The van der Waals surface area contributed by atoms with E-state index in [0.717, 1.165) is 28.9 Å². The van der Waals surface area contributed by atoms with Gasteiger partial charge in [-0.15, -0.1) is 11.3 Å². The highest BCUT2D eigenvalue weighted by atomic mass is 32.1. The summed E-state index contributed by atoms with van der Waals surface area (Å²) in [6, 6.07) is 6.84. The van der Waals surface area contributed by atoms with E-state index >= 15 is 0 Å². The SMILES string of the molecule is Fc1ccccc1-c1cnc(CNCC2CC2)s1. The normalized spacial score (nSPS) is 14.9. The summed E-state index contributed by atoms with van der Waals surface area (Å²) in [5.74, 6) is 0.689. The van der Waals surface area contributed by atoms with Gasteiger partial charge in [-0.25, -0.2) is 9.37 Å². The van der Waals surface area contributed by atoms with Crippen molar-refractivity contribution in [2.45, 2.75) is 19.4 Å². The number of thiazole rings is 1. The number of hydrogen-bond acceptors (Lipinski definition) is 3. The molecule has 0 spiro atoms. The highest BCUT2D eigenvalue weighted by Gasteiger charge is 2.20. The Hall–Kier alpha value is -1.26. The van der Waals surface area contributed by atoms with E-state index in [0.29, 0.717) is 5.56 Å². The van der Waals surface area contributed by atoms with Crippen molar-refractivity contribution in [1.29, 1.82) is 0 Å². The Kier molecular flexibility index (Phi) is 3.39. The lowest BCUT2D eigenvalue weighted by molar-refractivity contribution is 0.631. The van der Waals surface area contributed by atoms with E-state index in [4.69, 9.17) is 0 Å². The van der Waals surface area contributed by atoms with Crippen LogP contribution < -0.4 is 5.32 Å². The van der Waals surface area contributed by atoms with Gasteiger partial charge in [0.25, 0.3) is 0 Å². The minimum atomic E-state index is -0.182.